The summed E-state index contributed by atoms with van der Waals surface area (Å²) < 4.78 is 0. The van der Waals surface area contributed by atoms with Crippen LogP contribution in [0.2, 0.25) is 5.54 Å². The Morgan fingerprint density at radius 1 is 1.14 bits per heavy atom. The van der Waals surface area contributed by atoms with Crippen molar-refractivity contribution in [3.8, 4) is 0 Å². The molecule has 2 aliphatic rings. The van der Waals surface area contributed by atoms with Crippen LogP contribution in [0.1, 0.15) is 45.4 Å². The van der Waals surface area contributed by atoms with E-state index in [1.54, 1.807) is 5.19 Å². The molecule has 0 nitrogen and oxygen atoms in total. The van der Waals surface area contributed by atoms with Crippen molar-refractivity contribution in [1.82, 2.24) is 0 Å². The molecule has 0 heterocycles. The standard InChI is InChI=1S/C20H28Si/c1-2-3-5-14-19-18-13-9-8-10-16(18)15-20(19)21-17-11-6-4-7-12-17/h4,6-9,11-13,16,19-20H,2-3,5,10,14-15,21H2,1H3. The number of hydrogen-bond acceptors (Lipinski definition) is 0. The summed E-state index contributed by atoms with van der Waals surface area (Å²) in [5.74, 6) is 1.78. The van der Waals surface area contributed by atoms with Crippen molar-refractivity contribution in [2.24, 2.45) is 11.8 Å². The summed E-state index contributed by atoms with van der Waals surface area (Å²) in [6.07, 6.45) is 15.5. The number of fused-ring (bicyclic) bond motifs is 1. The van der Waals surface area contributed by atoms with Gasteiger partial charge in [-0.15, -0.1) is 0 Å². The Bertz CT molecular complexity index is 500. The minimum Gasteiger partial charge on any atom is -0.0839 e. The molecule has 1 saturated carbocycles. The molecular weight excluding hydrogens is 268 g/mol. The van der Waals surface area contributed by atoms with E-state index in [1.807, 2.05) is 5.57 Å². The van der Waals surface area contributed by atoms with Gasteiger partial charge in [0.05, 0.1) is 9.52 Å². The van der Waals surface area contributed by atoms with Crippen LogP contribution in [0.3, 0.4) is 0 Å². The molecule has 112 valence electrons. The Labute approximate surface area is 132 Å². The summed E-state index contributed by atoms with van der Waals surface area (Å²) in [5, 5.41) is 1.66. The molecule has 0 saturated heterocycles. The Kier molecular flexibility index (Phi) is 5.13. The van der Waals surface area contributed by atoms with E-state index < -0.39 is 0 Å². The first-order valence-corrected chi connectivity index (χ1v) is 10.3. The molecule has 2 aliphatic carbocycles. The Hall–Kier alpha value is -1.08. The molecule has 0 aromatic heterocycles. The minimum absolute atomic E-state index is 0.140. The Morgan fingerprint density at radius 2 is 2.00 bits per heavy atom. The highest BCUT2D eigenvalue weighted by molar-refractivity contribution is 6.55. The molecular formula is C20H28Si. The van der Waals surface area contributed by atoms with Crippen molar-refractivity contribution in [3.63, 3.8) is 0 Å². The van der Waals surface area contributed by atoms with Gasteiger partial charge in [-0.25, -0.2) is 0 Å². The maximum Gasteiger partial charge on any atom is 0.0584 e. The molecule has 0 amide bonds. The van der Waals surface area contributed by atoms with Crippen LogP contribution in [0.25, 0.3) is 0 Å². The minimum atomic E-state index is -0.140. The Balaban J connectivity index is 1.72. The lowest BCUT2D eigenvalue weighted by molar-refractivity contribution is 0.524. The van der Waals surface area contributed by atoms with Crippen LogP contribution in [0.5, 0.6) is 0 Å². The van der Waals surface area contributed by atoms with Crippen molar-refractivity contribution in [1.29, 1.82) is 0 Å². The molecule has 1 heteroatoms. The van der Waals surface area contributed by atoms with Crippen molar-refractivity contribution in [2.75, 3.05) is 0 Å². The second-order valence-corrected chi connectivity index (χ2v) is 9.09. The smallest absolute Gasteiger partial charge is 0.0584 e. The largest absolute Gasteiger partial charge is 0.0839 e. The highest BCUT2D eigenvalue weighted by Crippen LogP contribution is 2.49. The van der Waals surface area contributed by atoms with Crippen LogP contribution >= 0.6 is 0 Å². The van der Waals surface area contributed by atoms with E-state index in [9.17, 15) is 0 Å². The third kappa shape index (κ3) is 3.57. The fourth-order valence-electron chi connectivity index (χ4n) is 4.31. The van der Waals surface area contributed by atoms with Gasteiger partial charge in [-0.1, -0.05) is 85.5 Å². The van der Waals surface area contributed by atoms with E-state index >= 15 is 0 Å². The summed E-state index contributed by atoms with van der Waals surface area (Å²) in [6.45, 7) is 2.32. The maximum atomic E-state index is 2.46. The van der Waals surface area contributed by atoms with E-state index in [-0.39, 0.29) is 9.52 Å². The molecule has 0 spiro atoms. The fourth-order valence-corrected chi connectivity index (χ4v) is 6.82. The molecule has 1 aromatic carbocycles. The lowest BCUT2D eigenvalue weighted by atomic mass is 9.88. The van der Waals surface area contributed by atoms with E-state index in [2.05, 4.69) is 55.5 Å². The number of hydrogen-bond donors (Lipinski definition) is 0. The number of allylic oxidation sites excluding steroid dienone is 4. The molecule has 1 fully saturated rings. The van der Waals surface area contributed by atoms with Gasteiger partial charge in [0, 0.05) is 0 Å². The van der Waals surface area contributed by atoms with E-state index in [1.165, 1.54) is 38.5 Å². The third-order valence-corrected chi connectivity index (χ3v) is 7.73. The maximum absolute atomic E-state index is 2.46. The van der Waals surface area contributed by atoms with E-state index in [0.29, 0.717) is 0 Å². The summed E-state index contributed by atoms with van der Waals surface area (Å²) in [4.78, 5) is 0. The first-order valence-electron chi connectivity index (χ1n) is 8.79. The first kappa shape index (κ1) is 14.8. The van der Waals surface area contributed by atoms with Gasteiger partial charge < -0.3 is 0 Å². The summed E-state index contributed by atoms with van der Waals surface area (Å²) in [5.41, 5.74) is 2.81. The van der Waals surface area contributed by atoms with Gasteiger partial charge in [0.2, 0.25) is 0 Å². The van der Waals surface area contributed by atoms with Gasteiger partial charge in [-0.05, 0) is 36.6 Å². The van der Waals surface area contributed by atoms with Gasteiger partial charge in [-0.3, -0.25) is 0 Å². The topological polar surface area (TPSA) is 0 Å². The fraction of sp³-hybridized carbons (Fsp3) is 0.500. The lowest BCUT2D eigenvalue weighted by Gasteiger charge is -2.21. The van der Waals surface area contributed by atoms with Crippen molar-refractivity contribution < 1.29 is 0 Å². The van der Waals surface area contributed by atoms with Gasteiger partial charge in [0.25, 0.3) is 0 Å². The number of unbranched alkanes of at least 4 members (excludes halogenated alkanes) is 2. The molecule has 3 atom stereocenters. The molecule has 3 unspecified atom stereocenters. The molecule has 0 N–H and O–H groups in total. The molecule has 0 aliphatic heterocycles. The predicted octanol–water partition coefficient (Wildman–Crippen LogP) is 4.37. The zero-order chi connectivity index (χ0) is 14.5. The van der Waals surface area contributed by atoms with Gasteiger partial charge >= 0.3 is 0 Å². The average molecular weight is 297 g/mol. The summed E-state index contributed by atoms with van der Waals surface area (Å²) >= 11 is 0. The van der Waals surface area contributed by atoms with Crippen LogP contribution < -0.4 is 5.19 Å². The molecule has 3 rings (SSSR count). The zero-order valence-electron chi connectivity index (χ0n) is 13.3. The quantitative estimate of drug-likeness (QED) is 0.540. The third-order valence-electron chi connectivity index (χ3n) is 5.36. The first-order chi connectivity index (χ1) is 10.4. The number of benzene rings is 1. The van der Waals surface area contributed by atoms with Gasteiger partial charge in [0.1, 0.15) is 0 Å². The SMILES string of the molecule is CCCCCC1C2=CC=CCC2CC1[SiH2]c1ccccc1. The van der Waals surface area contributed by atoms with Crippen LogP contribution in [-0.2, 0) is 0 Å². The monoisotopic (exact) mass is 296 g/mol. The Morgan fingerprint density at radius 3 is 2.81 bits per heavy atom. The molecule has 0 bridgehead atoms. The van der Waals surface area contributed by atoms with Crippen molar-refractivity contribution in [3.05, 3.63) is 54.1 Å². The molecule has 0 radical (unpaired) electrons. The number of rotatable bonds is 6. The van der Waals surface area contributed by atoms with E-state index in [0.717, 1.165) is 17.4 Å². The van der Waals surface area contributed by atoms with Crippen molar-refractivity contribution in [2.45, 2.75) is 51.0 Å². The second-order valence-electron chi connectivity index (χ2n) is 6.82. The normalized spacial score (nSPS) is 28.0. The van der Waals surface area contributed by atoms with Crippen LogP contribution in [-0.4, -0.2) is 9.52 Å². The van der Waals surface area contributed by atoms with Crippen molar-refractivity contribution >= 4 is 14.7 Å². The average Bonchev–Trinajstić information content (AvgIpc) is 2.86. The van der Waals surface area contributed by atoms with Gasteiger partial charge in [0.15, 0.2) is 0 Å². The summed E-state index contributed by atoms with van der Waals surface area (Å²) in [6, 6.07) is 11.3. The molecule has 21 heavy (non-hydrogen) atoms. The van der Waals surface area contributed by atoms with Crippen LogP contribution in [0.15, 0.2) is 54.1 Å². The van der Waals surface area contributed by atoms with Crippen LogP contribution in [0.4, 0.5) is 0 Å². The lowest BCUT2D eigenvalue weighted by Crippen LogP contribution is -2.22. The molecule has 1 aromatic rings. The second kappa shape index (κ2) is 7.26. The zero-order valence-corrected chi connectivity index (χ0v) is 14.7. The predicted molar refractivity (Wildman–Crippen MR) is 95.9 cm³/mol. The summed E-state index contributed by atoms with van der Waals surface area (Å²) in [7, 11) is -0.140. The highest BCUT2D eigenvalue weighted by atomic mass is 28.2. The van der Waals surface area contributed by atoms with Gasteiger partial charge in [-0.2, -0.15) is 0 Å². The van der Waals surface area contributed by atoms with E-state index in [4.69, 9.17) is 0 Å². The highest BCUT2D eigenvalue weighted by Gasteiger charge is 2.37. The van der Waals surface area contributed by atoms with Crippen LogP contribution in [0, 0.1) is 11.8 Å².